The van der Waals surface area contributed by atoms with E-state index in [1.807, 2.05) is 0 Å². The summed E-state index contributed by atoms with van der Waals surface area (Å²) in [7, 11) is 0. The van der Waals surface area contributed by atoms with E-state index in [9.17, 15) is 9.59 Å². The molecule has 2 heterocycles. The molecule has 1 aromatic heterocycles. The molecule has 0 aliphatic carbocycles. The van der Waals surface area contributed by atoms with Crippen molar-refractivity contribution in [3.63, 3.8) is 0 Å². The predicted octanol–water partition coefficient (Wildman–Crippen LogP) is 1.87. The third-order valence-electron chi connectivity index (χ3n) is 2.80. The van der Waals surface area contributed by atoms with Gasteiger partial charge in [-0.1, -0.05) is 21.1 Å². The molecule has 0 fully saturated rings. The molecule has 0 saturated carbocycles. The van der Waals surface area contributed by atoms with Gasteiger partial charge >= 0.3 is 0 Å². The van der Waals surface area contributed by atoms with Crippen LogP contribution in [0.5, 0.6) is 0 Å². The normalized spacial score (nSPS) is 14.1. The zero-order valence-electron chi connectivity index (χ0n) is 9.88. The lowest BCUT2D eigenvalue weighted by Gasteiger charge is -2.13. The molecule has 7 heteroatoms. The summed E-state index contributed by atoms with van der Waals surface area (Å²) in [4.78, 5) is 29.2. The average Bonchev–Trinajstić information content (AvgIpc) is 2.88. The molecule has 0 atom stereocenters. The van der Waals surface area contributed by atoms with E-state index < -0.39 is 11.7 Å². The Hall–Kier alpha value is -2.02. The Bertz CT molecular complexity index is 695. The first kappa shape index (κ1) is 12.0. The number of aromatic nitrogens is 2. The van der Waals surface area contributed by atoms with Crippen LogP contribution in [0.2, 0.25) is 0 Å². The second-order valence-corrected chi connectivity index (χ2v) is 5.03. The molecule has 0 radical (unpaired) electrons. The number of fused-ring (bicyclic) bond motifs is 1. The first-order valence-corrected chi connectivity index (χ1v) is 6.30. The molecule has 0 saturated heterocycles. The van der Waals surface area contributed by atoms with Crippen molar-refractivity contribution in [3.8, 4) is 0 Å². The SMILES string of the molecule is Cc1noc(CN2C(=O)C(=O)c3cc(Br)ccc32)n1. The van der Waals surface area contributed by atoms with E-state index >= 15 is 0 Å². The molecule has 1 aliphatic rings. The number of aryl methyl sites for hydroxylation is 1. The minimum absolute atomic E-state index is 0.0973. The van der Waals surface area contributed by atoms with Crippen molar-refractivity contribution < 1.29 is 14.1 Å². The molecule has 1 aliphatic heterocycles. The van der Waals surface area contributed by atoms with E-state index in [0.29, 0.717) is 23.0 Å². The molecule has 96 valence electrons. The highest BCUT2D eigenvalue weighted by Crippen LogP contribution is 2.32. The summed E-state index contributed by atoms with van der Waals surface area (Å²) in [6, 6.07) is 5.12. The fourth-order valence-electron chi connectivity index (χ4n) is 1.97. The highest BCUT2D eigenvalue weighted by molar-refractivity contribution is 9.10. The van der Waals surface area contributed by atoms with Crippen molar-refractivity contribution in [2.75, 3.05) is 4.90 Å². The Morgan fingerprint density at radius 2 is 2.16 bits per heavy atom. The lowest BCUT2D eigenvalue weighted by molar-refractivity contribution is -0.114. The first-order valence-electron chi connectivity index (χ1n) is 5.51. The van der Waals surface area contributed by atoms with Crippen LogP contribution in [0.25, 0.3) is 0 Å². The van der Waals surface area contributed by atoms with Gasteiger partial charge in [-0.05, 0) is 25.1 Å². The van der Waals surface area contributed by atoms with E-state index in [0.717, 1.165) is 4.47 Å². The molecule has 19 heavy (non-hydrogen) atoms. The summed E-state index contributed by atoms with van der Waals surface area (Å²) in [5.74, 6) is -0.310. The van der Waals surface area contributed by atoms with Crippen molar-refractivity contribution in [3.05, 3.63) is 40.0 Å². The number of benzene rings is 1. The van der Waals surface area contributed by atoms with Crippen LogP contribution in [-0.4, -0.2) is 21.8 Å². The summed E-state index contributed by atoms with van der Waals surface area (Å²) in [5.41, 5.74) is 0.949. The first-order chi connectivity index (χ1) is 9.06. The van der Waals surface area contributed by atoms with Crippen molar-refractivity contribution in [2.45, 2.75) is 13.5 Å². The topological polar surface area (TPSA) is 76.3 Å². The van der Waals surface area contributed by atoms with Gasteiger partial charge in [0, 0.05) is 4.47 Å². The van der Waals surface area contributed by atoms with Crippen LogP contribution in [0.4, 0.5) is 5.69 Å². The number of ketones is 1. The van der Waals surface area contributed by atoms with Gasteiger partial charge in [0.15, 0.2) is 5.82 Å². The van der Waals surface area contributed by atoms with Crippen LogP contribution in [0.3, 0.4) is 0 Å². The van der Waals surface area contributed by atoms with Crippen LogP contribution in [-0.2, 0) is 11.3 Å². The average molecular weight is 322 g/mol. The standard InChI is InChI=1S/C12H8BrN3O3/c1-6-14-10(19-15-6)5-16-9-3-2-7(13)4-8(9)11(17)12(16)18/h2-4H,5H2,1H3. The molecule has 0 bridgehead atoms. The van der Waals surface area contributed by atoms with Crippen molar-refractivity contribution >= 4 is 33.3 Å². The number of Topliss-reactive ketones (excluding diaryl/α,β-unsaturated/α-hetero) is 1. The minimum Gasteiger partial charge on any atom is -0.337 e. The number of carbonyl (C=O) groups excluding carboxylic acids is 2. The van der Waals surface area contributed by atoms with Gasteiger partial charge in [0.05, 0.1) is 11.3 Å². The predicted molar refractivity (Wildman–Crippen MR) is 68.7 cm³/mol. The van der Waals surface area contributed by atoms with Gasteiger partial charge in [-0.2, -0.15) is 4.98 Å². The monoisotopic (exact) mass is 321 g/mol. The summed E-state index contributed by atoms with van der Waals surface area (Å²) in [5, 5.41) is 3.66. The van der Waals surface area contributed by atoms with Gasteiger partial charge in [-0.15, -0.1) is 0 Å². The van der Waals surface area contributed by atoms with Gasteiger partial charge in [-0.25, -0.2) is 0 Å². The van der Waals surface area contributed by atoms with E-state index in [2.05, 4.69) is 26.1 Å². The number of nitrogens with zero attached hydrogens (tertiary/aromatic N) is 3. The zero-order chi connectivity index (χ0) is 13.6. The Labute approximate surface area is 116 Å². The van der Waals surface area contributed by atoms with E-state index in [4.69, 9.17) is 4.52 Å². The van der Waals surface area contributed by atoms with Gasteiger partial charge in [0.25, 0.3) is 11.7 Å². The Balaban J connectivity index is 1.99. The van der Waals surface area contributed by atoms with E-state index in [-0.39, 0.29) is 6.54 Å². The second-order valence-electron chi connectivity index (χ2n) is 4.12. The quantitative estimate of drug-likeness (QED) is 0.789. The number of hydrogen-bond donors (Lipinski definition) is 0. The van der Waals surface area contributed by atoms with Gasteiger partial charge in [-0.3, -0.25) is 14.5 Å². The molecule has 2 aromatic rings. The largest absolute Gasteiger partial charge is 0.337 e. The molecule has 6 nitrogen and oxygen atoms in total. The van der Waals surface area contributed by atoms with Crippen LogP contribution in [0.15, 0.2) is 27.2 Å². The maximum absolute atomic E-state index is 12.0. The molecule has 1 amide bonds. The molecular weight excluding hydrogens is 314 g/mol. The van der Waals surface area contributed by atoms with Gasteiger partial charge in [0.1, 0.15) is 6.54 Å². The molecule has 3 rings (SSSR count). The van der Waals surface area contributed by atoms with E-state index in [1.165, 1.54) is 4.90 Å². The van der Waals surface area contributed by atoms with Crippen molar-refractivity contribution in [1.29, 1.82) is 0 Å². The number of hydrogen-bond acceptors (Lipinski definition) is 5. The van der Waals surface area contributed by atoms with Gasteiger partial charge in [0.2, 0.25) is 5.89 Å². The Morgan fingerprint density at radius 3 is 2.84 bits per heavy atom. The maximum Gasteiger partial charge on any atom is 0.299 e. The minimum atomic E-state index is -0.580. The summed E-state index contributed by atoms with van der Waals surface area (Å²) < 4.78 is 5.73. The Morgan fingerprint density at radius 1 is 1.37 bits per heavy atom. The van der Waals surface area contributed by atoms with Crippen LogP contribution >= 0.6 is 15.9 Å². The van der Waals surface area contributed by atoms with Crippen LogP contribution in [0.1, 0.15) is 22.1 Å². The molecule has 0 N–H and O–H groups in total. The lowest BCUT2D eigenvalue weighted by Crippen LogP contribution is -2.29. The van der Waals surface area contributed by atoms with Crippen molar-refractivity contribution in [1.82, 2.24) is 10.1 Å². The van der Waals surface area contributed by atoms with Crippen LogP contribution in [0, 0.1) is 6.92 Å². The number of anilines is 1. The highest BCUT2D eigenvalue weighted by atomic mass is 79.9. The fourth-order valence-corrected chi connectivity index (χ4v) is 2.33. The third-order valence-corrected chi connectivity index (χ3v) is 3.29. The fraction of sp³-hybridized carbons (Fsp3) is 0.167. The number of halogens is 1. The summed E-state index contributed by atoms with van der Waals surface area (Å²) in [6.07, 6.45) is 0. The molecule has 0 unspecified atom stereocenters. The van der Waals surface area contributed by atoms with Crippen LogP contribution < -0.4 is 4.90 Å². The summed E-state index contributed by atoms with van der Waals surface area (Å²) >= 11 is 3.28. The second kappa shape index (κ2) is 4.27. The lowest BCUT2D eigenvalue weighted by atomic mass is 10.1. The van der Waals surface area contributed by atoms with Crippen molar-refractivity contribution in [2.24, 2.45) is 0 Å². The smallest absolute Gasteiger partial charge is 0.299 e. The third kappa shape index (κ3) is 1.95. The highest BCUT2D eigenvalue weighted by Gasteiger charge is 2.36. The summed E-state index contributed by atoms with van der Waals surface area (Å²) in [6.45, 7) is 1.79. The number of amides is 1. The Kier molecular flexibility index (Phi) is 2.70. The number of carbonyl (C=O) groups is 2. The maximum atomic E-state index is 12.0. The molecular formula is C12H8BrN3O3. The van der Waals surface area contributed by atoms with Gasteiger partial charge < -0.3 is 4.52 Å². The van der Waals surface area contributed by atoms with E-state index in [1.54, 1.807) is 25.1 Å². The number of rotatable bonds is 2. The zero-order valence-corrected chi connectivity index (χ0v) is 11.5. The molecule has 1 aromatic carbocycles. The molecule has 0 spiro atoms.